The van der Waals surface area contributed by atoms with Crippen molar-refractivity contribution >= 4 is 5.69 Å². The summed E-state index contributed by atoms with van der Waals surface area (Å²) in [4.78, 5) is 4.19. The Morgan fingerprint density at radius 2 is 1.81 bits per heavy atom. The second kappa shape index (κ2) is 4.44. The number of aryl methyl sites for hydroxylation is 1. The summed E-state index contributed by atoms with van der Waals surface area (Å²) >= 11 is 0. The lowest BCUT2D eigenvalue weighted by atomic mass is 10.1. The van der Waals surface area contributed by atoms with E-state index in [1.165, 1.54) is 16.8 Å². The first-order valence-corrected chi connectivity index (χ1v) is 5.68. The van der Waals surface area contributed by atoms with Crippen LogP contribution in [-0.2, 0) is 0 Å². The Morgan fingerprint density at radius 3 is 2.44 bits per heavy atom. The van der Waals surface area contributed by atoms with Gasteiger partial charge < -0.3 is 9.80 Å². The molecule has 16 heavy (non-hydrogen) atoms. The SMILES string of the molecule is Cc1cccc(N2CCN(C#N)CC2)c1C. The first kappa shape index (κ1) is 10.8. The summed E-state index contributed by atoms with van der Waals surface area (Å²) in [6.45, 7) is 7.87. The van der Waals surface area contributed by atoms with Crippen molar-refractivity contribution in [2.75, 3.05) is 31.1 Å². The van der Waals surface area contributed by atoms with E-state index in [0.29, 0.717) is 0 Å². The van der Waals surface area contributed by atoms with Crippen molar-refractivity contribution < 1.29 is 0 Å². The molecule has 0 radical (unpaired) electrons. The van der Waals surface area contributed by atoms with Crippen molar-refractivity contribution in [3.8, 4) is 6.19 Å². The molecule has 0 bridgehead atoms. The van der Waals surface area contributed by atoms with Crippen LogP contribution in [-0.4, -0.2) is 31.1 Å². The molecule has 0 saturated carbocycles. The Bertz CT molecular complexity index is 412. The first-order valence-electron chi connectivity index (χ1n) is 5.68. The van der Waals surface area contributed by atoms with Gasteiger partial charge in [0, 0.05) is 31.9 Å². The Morgan fingerprint density at radius 1 is 1.12 bits per heavy atom. The van der Waals surface area contributed by atoms with Gasteiger partial charge in [-0.2, -0.15) is 5.26 Å². The highest BCUT2D eigenvalue weighted by Crippen LogP contribution is 2.23. The zero-order valence-corrected chi connectivity index (χ0v) is 9.90. The summed E-state index contributed by atoms with van der Waals surface area (Å²) in [6.07, 6.45) is 2.21. The quantitative estimate of drug-likeness (QED) is 0.670. The van der Waals surface area contributed by atoms with Crippen LogP contribution in [0.15, 0.2) is 18.2 Å². The van der Waals surface area contributed by atoms with E-state index in [1.807, 2.05) is 4.90 Å². The highest BCUT2D eigenvalue weighted by atomic mass is 15.3. The zero-order valence-electron chi connectivity index (χ0n) is 9.90. The molecular formula is C13H17N3. The van der Waals surface area contributed by atoms with Crippen LogP contribution in [0, 0.1) is 25.3 Å². The third-order valence-corrected chi connectivity index (χ3v) is 3.34. The number of hydrogen-bond donors (Lipinski definition) is 0. The van der Waals surface area contributed by atoms with Crippen LogP contribution < -0.4 is 4.90 Å². The topological polar surface area (TPSA) is 30.3 Å². The number of piperazine rings is 1. The van der Waals surface area contributed by atoms with Crippen molar-refractivity contribution in [2.24, 2.45) is 0 Å². The summed E-state index contributed by atoms with van der Waals surface area (Å²) in [7, 11) is 0. The maximum absolute atomic E-state index is 8.80. The molecule has 0 aliphatic carbocycles. The highest BCUT2D eigenvalue weighted by Gasteiger charge is 2.17. The maximum atomic E-state index is 8.80. The molecule has 1 saturated heterocycles. The van der Waals surface area contributed by atoms with Crippen LogP contribution >= 0.6 is 0 Å². The summed E-state index contributed by atoms with van der Waals surface area (Å²) in [5.41, 5.74) is 4.01. The molecule has 1 aromatic rings. The fourth-order valence-corrected chi connectivity index (χ4v) is 2.13. The highest BCUT2D eigenvalue weighted by molar-refractivity contribution is 5.56. The summed E-state index contributed by atoms with van der Waals surface area (Å²) in [6, 6.07) is 6.42. The first-order chi connectivity index (χ1) is 7.72. The molecule has 0 amide bonds. The van der Waals surface area contributed by atoms with Crippen molar-refractivity contribution in [1.82, 2.24) is 4.90 Å². The van der Waals surface area contributed by atoms with Gasteiger partial charge in [0.1, 0.15) is 0 Å². The average Bonchev–Trinajstić information content (AvgIpc) is 2.33. The largest absolute Gasteiger partial charge is 0.368 e. The van der Waals surface area contributed by atoms with Crippen molar-refractivity contribution in [3.63, 3.8) is 0 Å². The molecule has 84 valence electrons. The molecule has 0 N–H and O–H groups in total. The van der Waals surface area contributed by atoms with Gasteiger partial charge in [0.25, 0.3) is 0 Å². The minimum atomic E-state index is 0.837. The third kappa shape index (κ3) is 1.96. The Kier molecular flexibility index (Phi) is 3.00. The van der Waals surface area contributed by atoms with Gasteiger partial charge in [-0.05, 0) is 31.0 Å². The van der Waals surface area contributed by atoms with E-state index in [4.69, 9.17) is 5.26 Å². The number of anilines is 1. The van der Waals surface area contributed by atoms with Gasteiger partial charge in [0.2, 0.25) is 0 Å². The second-order valence-corrected chi connectivity index (χ2v) is 4.29. The minimum absolute atomic E-state index is 0.837. The molecule has 1 fully saturated rings. The predicted octanol–water partition coefficient (Wildman–Crippen LogP) is 1.91. The van der Waals surface area contributed by atoms with Gasteiger partial charge in [-0.25, -0.2) is 0 Å². The molecule has 1 heterocycles. The van der Waals surface area contributed by atoms with Crippen LogP contribution in [0.5, 0.6) is 0 Å². The van der Waals surface area contributed by atoms with Crippen LogP contribution in [0.1, 0.15) is 11.1 Å². The van der Waals surface area contributed by atoms with Gasteiger partial charge in [0.05, 0.1) is 0 Å². The Hall–Kier alpha value is -1.69. The van der Waals surface area contributed by atoms with Crippen molar-refractivity contribution in [1.29, 1.82) is 5.26 Å². The molecule has 1 aliphatic heterocycles. The van der Waals surface area contributed by atoms with Crippen LogP contribution in [0.4, 0.5) is 5.69 Å². The fourth-order valence-electron chi connectivity index (χ4n) is 2.13. The summed E-state index contributed by atoms with van der Waals surface area (Å²) < 4.78 is 0. The normalized spacial score (nSPS) is 16.1. The summed E-state index contributed by atoms with van der Waals surface area (Å²) in [5, 5.41) is 8.80. The van der Waals surface area contributed by atoms with Gasteiger partial charge in [0.15, 0.2) is 6.19 Å². The number of rotatable bonds is 1. The Labute approximate surface area is 96.9 Å². The lowest BCUT2D eigenvalue weighted by Crippen LogP contribution is -2.44. The van der Waals surface area contributed by atoms with Gasteiger partial charge in [-0.15, -0.1) is 0 Å². The molecule has 2 rings (SSSR count). The smallest absolute Gasteiger partial charge is 0.179 e. The average molecular weight is 215 g/mol. The van der Waals surface area contributed by atoms with E-state index >= 15 is 0 Å². The maximum Gasteiger partial charge on any atom is 0.179 e. The molecule has 0 spiro atoms. The molecule has 0 aromatic heterocycles. The van der Waals surface area contributed by atoms with Gasteiger partial charge >= 0.3 is 0 Å². The zero-order chi connectivity index (χ0) is 11.5. The van der Waals surface area contributed by atoms with Crippen LogP contribution in [0.25, 0.3) is 0 Å². The van der Waals surface area contributed by atoms with Crippen molar-refractivity contribution in [3.05, 3.63) is 29.3 Å². The molecule has 0 atom stereocenters. The van der Waals surface area contributed by atoms with E-state index in [2.05, 4.69) is 43.1 Å². The molecular weight excluding hydrogens is 198 g/mol. The fraction of sp³-hybridized carbons (Fsp3) is 0.462. The van der Waals surface area contributed by atoms with E-state index < -0.39 is 0 Å². The molecule has 0 unspecified atom stereocenters. The second-order valence-electron chi connectivity index (χ2n) is 4.29. The number of benzene rings is 1. The van der Waals surface area contributed by atoms with Crippen LogP contribution in [0.2, 0.25) is 0 Å². The van der Waals surface area contributed by atoms with Gasteiger partial charge in [-0.3, -0.25) is 0 Å². The molecule has 3 heteroatoms. The van der Waals surface area contributed by atoms with Crippen molar-refractivity contribution in [2.45, 2.75) is 13.8 Å². The van der Waals surface area contributed by atoms with E-state index in [-0.39, 0.29) is 0 Å². The van der Waals surface area contributed by atoms with Gasteiger partial charge in [-0.1, -0.05) is 12.1 Å². The third-order valence-electron chi connectivity index (χ3n) is 3.34. The van der Waals surface area contributed by atoms with Crippen LogP contribution in [0.3, 0.4) is 0 Å². The Balaban J connectivity index is 2.15. The molecule has 1 aromatic carbocycles. The standard InChI is InChI=1S/C13H17N3/c1-11-4-3-5-13(12(11)2)16-8-6-15(10-14)7-9-16/h3-5H,6-9H2,1-2H3. The molecule has 3 nitrogen and oxygen atoms in total. The number of nitrogens with zero attached hydrogens (tertiary/aromatic N) is 3. The lowest BCUT2D eigenvalue weighted by molar-refractivity contribution is 0.363. The van der Waals surface area contributed by atoms with E-state index in [0.717, 1.165) is 26.2 Å². The van der Waals surface area contributed by atoms with E-state index in [1.54, 1.807) is 0 Å². The minimum Gasteiger partial charge on any atom is -0.368 e. The summed E-state index contributed by atoms with van der Waals surface area (Å²) in [5.74, 6) is 0. The van der Waals surface area contributed by atoms with E-state index in [9.17, 15) is 0 Å². The molecule has 1 aliphatic rings. The predicted molar refractivity (Wildman–Crippen MR) is 65.3 cm³/mol. The monoisotopic (exact) mass is 215 g/mol. The lowest BCUT2D eigenvalue weighted by Gasteiger charge is -2.34. The number of nitriles is 1. The number of hydrogen-bond acceptors (Lipinski definition) is 3.